The zero-order chi connectivity index (χ0) is 20.1. The average Bonchev–Trinajstić information content (AvgIpc) is 2.68. The van der Waals surface area contributed by atoms with Crippen LogP contribution in [-0.2, 0) is 0 Å². The van der Waals surface area contributed by atoms with Gasteiger partial charge in [0.25, 0.3) is 11.8 Å². The molecule has 0 fully saturated rings. The third-order valence-electron chi connectivity index (χ3n) is 3.95. The third-order valence-corrected chi connectivity index (χ3v) is 3.95. The quantitative estimate of drug-likeness (QED) is 0.509. The van der Waals surface area contributed by atoms with Crippen LogP contribution in [0, 0.1) is 0 Å². The number of carbonyl (C=O) groups is 3. The normalized spacial score (nSPS) is 10.1. The fourth-order valence-electron chi connectivity index (χ4n) is 2.48. The second kappa shape index (κ2) is 8.05. The Labute approximate surface area is 160 Å². The van der Waals surface area contributed by atoms with Gasteiger partial charge < -0.3 is 21.5 Å². The van der Waals surface area contributed by atoms with Gasteiger partial charge in [-0.15, -0.1) is 0 Å². The van der Waals surface area contributed by atoms with Crippen molar-refractivity contribution in [3.05, 3.63) is 89.5 Å². The lowest BCUT2D eigenvalue weighted by molar-refractivity contribution is 0.0696. The van der Waals surface area contributed by atoms with Crippen molar-refractivity contribution < 1.29 is 19.5 Å². The summed E-state index contributed by atoms with van der Waals surface area (Å²) in [4.78, 5) is 35.5. The smallest absolute Gasteiger partial charge is 0.335 e. The molecule has 0 aliphatic heterocycles. The molecule has 3 rings (SSSR count). The van der Waals surface area contributed by atoms with Gasteiger partial charge in [-0.2, -0.15) is 0 Å². The van der Waals surface area contributed by atoms with E-state index in [1.165, 1.54) is 24.3 Å². The van der Waals surface area contributed by atoms with E-state index >= 15 is 0 Å². The molecule has 7 heteroatoms. The summed E-state index contributed by atoms with van der Waals surface area (Å²) < 4.78 is 0. The second-order valence-corrected chi connectivity index (χ2v) is 5.99. The summed E-state index contributed by atoms with van der Waals surface area (Å²) >= 11 is 0. The van der Waals surface area contributed by atoms with Crippen molar-refractivity contribution in [1.29, 1.82) is 0 Å². The first kappa shape index (κ1) is 18.7. The average molecular weight is 375 g/mol. The molecule has 140 valence electrons. The molecule has 7 nitrogen and oxygen atoms in total. The predicted octanol–water partition coefficient (Wildman–Crippen LogP) is 3.47. The lowest BCUT2D eigenvalue weighted by atomic mass is 10.1. The molecule has 0 atom stereocenters. The van der Waals surface area contributed by atoms with Crippen LogP contribution in [0.5, 0.6) is 0 Å². The maximum absolute atomic E-state index is 12.3. The van der Waals surface area contributed by atoms with Gasteiger partial charge in [-0.1, -0.05) is 6.07 Å². The van der Waals surface area contributed by atoms with E-state index in [1.54, 1.807) is 48.5 Å². The van der Waals surface area contributed by atoms with E-state index in [0.717, 1.165) is 0 Å². The molecule has 3 aromatic carbocycles. The molecule has 0 saturated carbocycles. The molecular weight excluding hydrogens is 358 g/mol. The second-order valence-electron chi connectivity index (χ2n) is 5.99. The SMILES string of the molecule is Nc1ccc(C(=O)Nc2cccc(NC(=O)c3ccc(C(=O)O)cc3)c2)cc1. The van der Waals surface area contributed by atoms with Crippen molar-refractivity contribution >= 4 is 34.8 Å². The minimum absolute atomic E-state index is 0.101. The minimum Gasteiger partial charge on any atom is -0.478 e. The lowest BCUT2D eigenvalue weighted by Gasteiger charge is -2.09. The number of benzene rings is 3. The Hall–Kier alpha value is -4.13. The first-order valence-electron chi connectivity index (χ1n) is 8.34. The maximum atomic E-state index is 12.3. The third kappa shape index (κ3) is 4.53. The van der Waals surface area contributed by atoms with Crippen LogP contribution in [0.15, 0.2) is 72.8 Å². The van der Waals surface area contributed by atoms with Crippen LogP contribution in [-0.4, -0.2) is 22.9 Å². The van der Waals surface area contributed by atoms with Gasteiger partial charge in [0.1, 0.15) is 0 Å². The summed E-state index contributed by atoms with van der Waals surface area (Å²) in [5.74, 6) is -1.75. The van der Waals surface area contributed by atoms with Crippen molar-refractivity contribution in [2.75, 3.05) is 16.4 Å². The molecule has 0 bridgehead atoms. The highest BCUT2D eigenvalue weighted by atomic mass is 16.4. The van der Waals surface area contributed by atoms with Crippen molar-refractivity contribution in [3.63, 3.8) is 0 Å². The van der Waals surface area contributed by atoms with Gasteiger partial charge in [0.2, 0.25) is 0 Å². The number of rotatable bonds is 5. The number of nitrogens with two attached hydrogens (primary N) is 1. The van der Waals surface area contributed by atoms with Gasteiger partial charge >= 0.3 is 5.97 Å². The molecule has 2 amide bonds. The number of carboxylic acid groups (broad SMARTS) is 1. The first-order valence-corrected chi connectivity index (χ1v) is 8.34. The molecule has 0 heterocycles. The fraction of sp³-hybridized carbons (Fsp3) is 0. The molecular formula is C21H17N3O4. The highest BCUT2D eigenvalue weighted by Crippen LogP contribution is 2.18. The fourth-order valence-corrected chi connectivity index (χ4v) is 2.48. The van der Waals surface area contributed by atoms with Crippen LogP contribution >= 0.6 is 0 Å². The number of nitrogens with one attached hydrogen (secondary N) is 2. The molecule has 0 saturated heterocycles. The zero-order valence-electron chi connectivity index (χ0n) is 14.7. The van der Waals surface area contributed by atoms with Gasteiger partial charge in [0.15, 0.2) is 0 Å². The van der Waals surface area contributed by atoms with Crippen LogP contribution in [0.4, 0.5) is 17.1 Å². The van der Waals surface area contributed by atoms with Crippen LogP contribution < -0.4 is 16.4 Å². The van der Waals surface area contributed by atoms with Crippen LogP contribution in [0.3, 0.4) is 0 Å². The number of nitrogen functional groups attached to an aromatic ring is 1. The molecule has 0 aliphatic rings. The highest BCUT2D eigenvalue weighted by molar-refractivity contribution is 6.06. The Morgan fingerprint density at radius 1 is 0.679 bits per heavy atom. The van der Waals surface area contributed by atoms with Crippen molar-refractivity contribution in [3.8, 4) is 0 Å². The zero-order valence-corrected chi connectivity index (χ0v) is 14.7. The van der Waals surface area contributed by atoms with Gasteiger partial charge in [-0.3, -0.25) is 9.59 Å². The molecule has 0 unspecified atom stereocenters. The summed E-state index contributed by atoms with van der Waals surface area (Å²) in [5, 5.41) is 14.4. The summed E-state index contributed by atoms with van der Waals surface area (Å²) in [6.45, 7) is 0. The van der Waals surface area contributed by atoms with E-state index in [1.807, 2.05) is 0 Å². The Balaban J connectivity index is 1.68. The molecule has 0 radical (unpaired) electrons. The molecule has 0 spiro atoms. The van der Waals surface area contributed by atoms with Crippen LogP contribution in [0.1, 0.15) is 31.1 Å². The van der Waals surface area contributed by atoms with Crippen molar-refractivity contribution in [1.82, 2.24) is 0 Å². The van der Waals surface area contributed by atoms with Gasteiger partial charge in [-0.05, 0) is 66.7 Å². The predicted molar refractivity (Wildman–Crippen MR) is 107 cm³/mol. The maximum Gasteiger partial charge on any atom is 0.335 e. The number of amides is 2. The number of aromatic carboxylic acids is 1. The molecule has 0 aromatic heterocycles. The Morgan fingerprint density at radius 2 is 1.11 bits per heavy atom. The number of hydrogen-bond donors (Lipinski definition) is 4. The van der Waals surface area contributed by atoms with Gasteiger partial charge in [-0.25, -0.2) is 4.79 Å². The standard InChI is InChI=1S/C21H17N3O4/c22-16-10-8-14(9-11-16)20(26)24-18-3-1-2-17(12-18)23-19(25)13-4-6-15(7-5-13)21(27)28/h1-12H,22H2,(H,23,25)(H,24,26)(H,27,28). The minimum atomic E-state index is -1.06. The number of anilines is 3. The summed E-state index contributed by atoms with van der Waals surface area (Å²) in [6.07, 6.45) is 0. The highest BCUT2D eigenvalue weighted by Gasteiger charge is 2.10. The Kier molecular flexibility index (Phi) is 5.36. The van der Waals surface area contributed by atoms with Gasteiger partial charge in [0.05, 0.1) is 5.56 Å². The van der Waals surface area contributed by atoms with E-state index in [4.69, 9.17) is 10.8 Å². The number of carbonyl (C=O) groups excluding carboxylic acids is 2. The van der Waals surface area contributed by atoms with E-state index in [2.05, 4.69) is 10.6 Å². The summed E-state index contributed by atoms with van der Waals surface area (Å²) in [6, 6.07) is 18.8. The molecule has 0 aliphatic carbocycles. The Morgan fingerprint density at radius 3 is 1.57 bits per heavy atom. The number of hydrogen-bond acceptors (Lipinski definition) is 4. The molecule has 5 N–H and O–H groups in total. The Bertz CT molecular complexity index is 1030. The van der Waals surface area contributed by atoms with Crippen molar-refractivity contribution in [2.45, 2.75) is 0 Å². The van der Waals surface area contributed by atoms with Crippen molar-refractivity contribution in [2.24, 2.45) is 0 Å². The number of carboxylic acids is 1. The lowest BCUT2D eigenvalue weighted by Crippen LogP contribution is -2.14. The largest absolute Gasteiger partial charge is 0.478 e. The van der Waals surface area contributed by atoms with Gasteiger partial charge in [0, 0.05) is 28.2 Å². The van der Waals surface area contributed by atoms with E-state index < -0.39 is 5.97 Å². The topological polar surface area (TPSA) is 122 Å². The van der Waals surface area contributed by atoms with E-state index in [0.29, 0.717) is 28.2 Å². The monoisotopic (exact) mass is 375 g/mol. The summed E-state index contributed by atoms with van der Waals surface area (Å²) in [5.41, 5.74) is 8.07. The summed E-state index contributed by atoms with van der Waals surface area (Å²) in [7, 11) is 0. The first-order chi connectivity index (χ1) is 13.4. The molecule has 28 heavy (non-hydrogen) atoms. The van der Waals surface area contributed by atoms with Crippen LogP contribution in [0.25, 0.3) is 0 Å². The van der Waals surface area contributed by atoms with E-state index in [-0.39, 0.29) is 17.4 Å². The molecule has 3 aromatic rings. The van der Waals surface area contributed by atoms with E-state index in [9.17, 15) is 14.4 Å². The van der Waals surface area contributed by atoms with Crippen LogP contribution in [0.2, 0.25) is 0 Å².